The second kappa shape index (κ2) is 3.17. The minimum absolute atomic E-state index is 0.0884. The molecule has 0 unspecified atom stereocenters. The molecule has 6 nitrogen and oxygen atoms in total. The van der Waals surface area contributed by atoms with Gasteiger partial charge in [-0.05, 0) is 6.07 Å². The number of carbonyl (C=O) groups excluding carboxylic acids is 1. The fourth-order valence-electron chi connectivity index (χ4n) is 0.867. The number of sulfone groups is 1. The molecule has 0 saturated carbocycles. The SMILES string of the molecule is CS(=O)(=O)Cn1nccc1C(N)=O. The topological polar surface area (TPSA) is 95.1 Å². The lowest BCUT2D eigenvalue weighted by Gasteiger charge is -2.01. The van der Waals surface area contributed by atoms with E-state index < -0.39 is 15.7 Å². The normalized spacial score (nSPS) is 11.5. The van der Waals surface area contributed by atoms with Crippen molar-refractivity contribution in [2.75, 3.05) is 6.26 Å². The van der Waals surface area contributed by atoms with E-state index in [0.29, 0.717) is 0 Å². The summed E-state index contributed by atoms with van der Waals surface area (Å²) in [5, 5.41) is 3.66. The number of nitrogens with two attached hydrogens (primary N) is 1. The maximum Gasteiger partial charge on any atom is 0.267 e. The van der Waals surface area contributed by atoms with Gasteiger partial charge in [0, 0.05) is 12.5 Å². The highest BCUT2D eigenvalue weighted by Gasteiger charge is 2.11. The lowest BCUT2D eigenvalue weighted by Crippen LogP contribution is -2.20. The van der Waals surface area contributed by atoms with Gasteiger partial charge in [-0.3, -0.25) is 4.79 Å². The first-order valence-electron chi connectivity index (χ1n) is 3.39. The fraction of sp³-hybridized carbons (Fsp3) is 0.333. The average molecular weight is 203 g/mol. The van der Waals surface area contributed by atoms with Crippen molar-refractivity contribution in [3.05, 3.63) is 18.0 Å². The van der Waals surface area contributed by atoms with E-state index in [1.807, 2.05) is 0 Å². The van der Waals surface area contributed by atoms with E-state index in [0.717, 1.165) is 10.9 Å². The van der Waals surface area contributed by atoms with Crippen LogP contribution >= 0.6 is 0 Å². The molecule has 1 heterocycles. The first-order chi connectivity index (χ1) is 5.90. The van der Waals surface area contributed by atoms with Gasteiger partial charge in [0.05, 0.1) is 0 Å². The fourth-order valence-corrected chi connectivity index (χ4v) is 1.52. The van der Waals surface area contributed by atoms with Gasteiger partial charge >= 0.3 is 0 Å². The van der Waals surface area contributed by atoms with Crippen molar-refractivity contribution in [2.45, 2.75) is 5.88 Å². The van der Waals surface area contributed by atoms with Crippen LogP contribution in [0, 0.1) is 0 Å². The Hall–Kier alpha value is -1.37. The summed E-state index contributed by atoms with van der Waals surface area (Å²) in [5.41, 5.74) is 5.07. The molecule has 0 fully saturated rings. The number of aromatic nitrogens is 2. The quantitative estimate of drug-likeness (QED) is 0.680. The number of rotatable bonds is 3. The second-order valence-corrected chi connectivity index (χ2v) is 4.74. The first kappa shape index (κ1) is 9.72. The number of hydrogen-bond acceptors (Lipinski definition) is 4. The van der Waals surface area contributed by atoms with Crippen molar-refractivity contribution in [2.24, 2.45) is 5.73 Å². The van der Waals surface area contributed by atoms with Gasteiger partial charge in [-0.15, -0.1) is 0 Å². The van der Waals surface area contributed by atoms with Gasteiger partial charge in [0.25, 0.3) is 5.91 Å². The number of nitrogens with zero attached hydrogens (tertiary/aromatic N) is 2. The highest BCUT2D eigenvalue weighted by atomic mass is 32.2. The van der Waals surface area contributed by atoms with Crippen molar-refractivity contribution in [3.63, 3.8) is 0 Å². The maximum absolute atomic E-state index is 10.9. The van der Waals surface area contributed by atoms with Crippen LogP contribution < -0.4 is 5.73 Å². The van der Waals surface area contributed by atoms with Gasteiger partial charge in [0.2, 0.25) is 0 Å². The summed E-state index contributed by atoms with van der Waals surface area (Å²) in [7, 11) is -3.21. The Morgan fingerprint density at radius 3 is 2.77 bits per heavy atom. The Bertz CT molecular complexity index is 420. The molecule has 0 aliphatic heterocycles. The van der Waals surface area contributed by atoms with Gasteiger partial charge in [0.15, 0.2) is 9.84 Å². The average Bonchev–Trinajstić information content (AvgIpc) is 2.31. The molecule has 0 aromatic carbocycles. The Morgan fingerprint density at radius 1 is 1.69 bits per heavy atom. The molecule has 0 bridgehead atoms. The van der Waals surface area contributed by atoms with E-state index >= 15 is 0 Å². The van der Waals surface area contributed by atoms with E-state index in [9.17, 15) is 13.2 Å². The molecule has 0 spiro atoms. The monoisotopic (exact) mass is 203 g/mol. The summed E-state index contributed by atoms with van der Waals surface area (Å²) in [6.07, 6.45) is 2.38. The van der Waals surface area contributed by atoms with Crippen LogP contribution in [0.1, 0.15) is 10.5 Å². The zero-order chi connectivity index (χ0) is 10.1. The standard InChI is InChI=1S/C6H9N3O3S/c1-13(11,12)4-9-5(6(7)10)2-3-8-9/h2-3H,4H2,1H3,(H2,7,10). The van der Waals surface area contributed by atoms with Crippen LogP contribution in [0.3, 0.4) is 0 Å². The van der Waals surface area contributed by atoms with E-state index in [-0.39, 0.29) is 11.6 Å². The van der Waals surface area contributed by atoms with E-state index in [1.165, 1.54) is 12.3 Å². The predicted molar refractivity (Wildman–Crippen MR) is 45.6 cm³/mol. The molecule has 1 rings (SSSR count). The van der Waals surface area contributed by atoms with Crippen molar-refractivity contribution in [1.82, 2.24) is 9.78 Å². The third kappa shape index (κ3) is 2.55. The molecule has 0 aliphatic carbocycles. The Kier molecular flexibility index (Phi) is 2.37. The van der Waals surface area contributed by atoms with Crippen molar-refractivity contribution < 1.29 is 13.2 Å². The highest BCUT2D eigenvalue weighted by molar-refractivity contribution is 7.89. The number of amides is 1. The minimum Gasteiger partial charge on any atom is -0.364 e. The predicted octanol–water partition coefficient (Wildman–Crippen LogP) is -1.02. The number of primary amides is 1. The van der Waals surface area contributed by atoms with Crippen LogP contribution in [0.2, 0.25) is 0 Å². The van der Waals surface area contributed by atoms with Crippen molar-refractivity contribution in [1.29, 1.82) is 0 Å². The molecule has 7 heteroatoms. The molecule has 0 radical (unpaired) electrons. The highest BCUT2D eigenvalue weighted by Crippen LogP contribution is 1.99. The van der Waals surface area contributed by atoms with Crippen LogP contribution in [0.5, 0.6) is 0 Å². The molecule has 1 amide bonds. The zero-order valence-electron chi connectivity index (χ0n) is 6.97. The molecular weight excluding hydrogens is 194 g/mol. The smallest absolute Gasteiger partial charge is 0.267 e. The third-order valence-corrected chi connectivity index (χ3v) is 2.04. The zero-order valence-corrected chi connectivity index (χ0v) is 7.78. The second-order valence-electron chi connectivity index (χ2n) is 2.64. The van der Waals surface area contributed by atoms with E-state index in [4.69, 9.17) is 5.73 Å². The molecule has 72 valence electrons. The van der Waals surface area contributed by atoms with Crippen LogP contribution in [-0.2, 0) is 15.7 Å². The molecule has 13 heavy (non-hydrogen) atoms. The van der Waals surface area contributed by atoms with E-state index in [1.54, 1.807) is 0 Å². The van der Waals surface area contributed by atoms with Crippen molar-refractivity contribution in [3.8, 4) is 0 Å². The number of hydrogen-bond donors (Lipinski definition) is 1. The van der Waals surface area contributed by atoms with Gasteiger partial charge in [0.1, 0.15) is 11.6 Å². The van der Waals surface area contributed by atoms with Gasteiger partial charge < -0.3 is 5.73 Å². The summed E-state index contributed by atoms with van der Waals surface area (Å²) >= 11 is 0. The van der Waals surface area contributed by atoms with Gasteiger partial charge in [-0.1, -0.05) is 0 Å². The first-order valence-corrected chi connectivity index (χ1v) is 5.45. The molecule has 1 aromatic heterocycles. The Morgan fingerprint density at radius 2 is 2.31 bits per heavy atom. The van der Waals surface area contributed by atoms with Crippen molar-refractivity contribution >= 4 is 15.7 Å². The molecule has 0 saturated heterocycles. The van der Waals surface area contributed by atoms with Crippen LogP contribution in [-0.4, -0.2) is 30.4 Å². The summed E-state index contributed by atoms with van der Waals surface area (Å²) in [6, 6.07) is 1.37. The van der Waals surface area contributed by atoms with E-state index in [2.05, 4.69) is 5.10 Å². The minimum atomic E-state index is -3.21. The van der Waals surface area contributed by atoms with Gasteiger partial charge in [-0.2, -0.15) is 5.10 Å². The number of carbonyl (C=O) groups is 1. The van der Waals surface area contributed by atoms with Crippen LogP contribution in [0.15, 0.2) is 12.3 Å². The maximum atomic E-state index is 10.9. The molecule has 2 N–H and O–H groups in total. The largest absolute Gasteiger partial charge is 0.364 e. The lowest BCUT2D eigenvalue weighted by atomic mass is 10.4. The third-order valence-electron chi connectivity index (χ3n) is 1.33. The summed E-state index contributed by atoms with van der Waals surface area (Å²) in [5.74, 6) is -1.03. The molecular formula is C6H9N3O3S. The summed E-state index contributed by atoms with van der Waals surface area (Å²) in [4.78, 5) is 10.7. The lowest BCUT2D eigenvalue weighted by molar-refractivity contribution is 0.0991. The Balaban J connectivity index is 3.02. The molecule has 0 aliphatic rings. The molecule has 0 atom stereocenters. The summed E-state index contributed by atoms with van der Waals surface area (Å²) < 4.78 is 22.8. The van der Waals surface area contributed by atoms with Crippen LogP contribution in [0.25, 0.3) is 0 Å². The van der Waals surface area contributed by atoms with Crippen LogP contribution in [0.4, 0.5) is 0 Å². The summed E-state index contributed by atoms with van der Waals surface area (Å²) in [6.45, 7) is 0. The molecule has 1 aromatic rings. The Labute approximate surface area is 75.3 Å². The van der Waals surface area contributed by atoms with Gasteiger partial charge in [-0.25, -0.2) is 13.1 Å².